The third kappa shape index (κ3) is 2.84. The summed E-state index contributed by atoms with van der Waals surface area (Å²) in [6.07, 6.45) is 2.43. The monoisotopic (exact) mass is 286 g/mol. The summed E-state index contributed by atoms with van der Waals surface area (Å²) >= 11 is 0. The van der Waals surface area contributed by atoms with Crippen molar-refractivity contribution in [2.45, 2.75) is 19.3 Å². The number of halogens is 1. The SMILES string of the molecule is Cc1ccnc([C@H]2C[C@@H]2C(=O)Nc2ccc(F)c(N)c2)n1. The highest BCUT2D eigenvalue weighted by atomic mass is 19.1. The van der Waals surface area contributed by atoms with Gasteiger partial charge in [-0.3, -0.25) is 4.79 Å². The Hall–Kier alpha value is -2.50. The molecule has 1 fully saturated rings. The molecule has 1 heterocycles. The standard InChI is InChI=1S/C15H15FN4O/c1-8-4-5-18-14(19-8)10-7-11(10)15(21)20-9-2-3-12(16)13(17)6-9/h2-6,10-11H,7,17H2,1H3,(H,20,21)/t10-,11-/m0/s1. The average Bonchev–Trinajstić information content (AvgIpc) is 3.23. The van der Waals surface area contributed by atoms with Crippen molar-refractivity contribution in [3.8, 4) is 0 Å². The number of rotatable bonds is 3. The molecule has 1 aliphatic rings. The first-order valence-electron chi connectivity index (χ1n) is 6.70. The van der Waals surface area contributed by atoms with Gasteiger partial charge in [0, 0.05) is 29.4 Å². The molecule has 0 radical (unpaired) electrons. The van der Waals surface area contributed by atoms with Crippen molar-refractivity contribution < 1.29 is 9.18 Å². The van der Waals surface area contributed by atoms with Crippen molar-refractivity contribution in [1.82, 2.24) is 9.97 Å². The minimum atomic E-state index is -0.495. The van der Waals surface area contributed by atoms with E-state index < -0.39 is 5.82 Å². The number of hydrogen-bond donors (Lipinski definition) is 2. The number of aromatic nitrogens is 2. The largest absolute Gasteiger partial charge is 0.396 e. The number of nitrogens with two attached hydrogens (primary N) is 1. The molecule has 2 atom stereocenters. The lowest BCUT2D eigenvalue weighted by Gasteiger charge is -2.06. The van der Waals surface area contributed by atoms with Gasteiger partial charge in [0.2, 0.25) is 5.91 Å². The van der Waals surface area contributed by atoms with Crippen LogP contribution in [0.25, 0.3) is 0 Å². The van der Waals surface area contributed by atoms with E-state index in [0.717, 1.165) is 12.1 Å². The molecule has 1 aliphatic carbocycles. The third-order valence-corrected chi connectivity index (χ3v) is 3.54. The Balaban J connectivity index is 1.66. The Morgan fingerprint density at radius 1 is 1.43 bits per heavy atom. The zero-order valence-corrected chi connectivity index (χ0v) is 11.5. The number of nitrogens with one attached hydrogen (secondary N) is 1. The van der Waals surface area contributed by atoms with Crippen LogP contribution in [0.3, 0.4) is 0 Å². The van der Waals surface area contributed by atoms with E-state index in [0.29, 0.717) is 11.5 Å². The van der Waals surface area contributed by atoms with Gasteiger partial charge in [-0.1, -0.05) is 0 Å². The first kappa shape index (κ1) is 13.5. The number of hydrogen-bond acceptors (Lipinski definition) is 4. The van der Waals surface area contributed by atoms with Crippen molar-refractivity contribution >= 4 is 17.3 Å². The molecule has 0 saturated heterocycles. The lowest BCUT2D eigenvalue weighted by Crippen LogP contribution is -2.15. The number of amides is 1. The number of carbonyl (C=O) groups excluding carboxylic acids is 1. The molecule has 3 rings (SSSR count). The first-order valence-corrected chi connectivity index (χ1v) is 6.70. The van der Waals surface area contributed by atoms with Crippen LogP contribution in [0.2, 0.25) is 0 Å². The van der Waals surface area contributed by atoms with Crippen molar-refractivity contribution in [2.75, 3.05) is 11.1 Å². The number of benzene rings is 1. The lowest BCUT2D eigenvalue weighted by atomic mass is 10.2. The van der Waals surface area contributed by atoms with Crippen LogP contribution < -0.4 is 11.1 Å². The van der Waals surface area contributed by atoms with Crippen LogP contribution >= 0.6 is 0 Å². The van der Waals surface area contributed by atoms with Crippen LogP contribution in [0.1, 0.15) is 23.9 Å². The van der Waals surface area contributed by atoms with Crippen molar-refractivity contribution in [3.05, 3.63) is 47.8 Å². The van der Waals surface area contributed by atoms with Crippen molar-refractivity contribution in [3.63, 3.8) is 0 Å². The molecule has 6 heteroatoms. The number of carbonyl (C=O) groups is 1. The number of aryl methyl sites for hydroxylation is 1. The van der Waals surface area contributed by atoms with E-state index in [9.17, 15) is 9.18 Å². The topological polar surface area (TPSA) is 80.9 Å². The highest BCUT2D eigenvalue weighted by molar-refractivity contribution is 5.95. The second kappa shape index (κ2) is 5.12. The Bertz CT molecular complexity index is 704. The van der Waals surface area contributed by atoms with Gasteiger partial charge in [0.1, 0.15) is 11.6 Å². The fraction of sp³-hybridized carbons (Fsp3) is 0.267. The number of nitrogens with zero attached hydrogens (tertiary/aromatic N) is 2. The average molecular weight is 286 g/mol. The second-order valence-electron chi connectivity index (χ2n) is 5.23. The van der Waals surface area contributed by atoms with E-state index in [4.69, 9.17) is 5.73 Å². The molecule has 1 saturated carbocycles. The summed E-state index contributed by atoms with van der Waals surface area (Å²) < 4.78 is 13.1. The Labute approximate surface area is 121 Å². The van der Waals surface area contributed by atoms with Gasteiger partial charge in [-0.25, -0.2) is 14.4 Å². The molecular formula is C15H15FN4O. The zero-order chi connectivity index (χ0) is 15.0. The summed E-state index contributed by atoms with van der Waals surface area (Å²) in [5.74, 6) is 0.0103. The maximum absolute atomic E-state index is 13.1. The van der Waals surface area contributed by atoms with E-state index >= 15 is 0 Å². The Kier molecular flexibility index (Phi) is 3.29. The van der Waals surface area contributed by atoms with E-state index in [-0.39, 0.29) is 23.4 Å². The summed E-state index contributed by atoms with van der Waals surface area (Å²) in [5, 5.41) is 2.75. The first-order chi connectivity index (χ1) is 10.0. The highest BCUT2D eigenvalue weighted by Crippen LogP contribution is 2.46. The molecule has 0 spiro atoms. The summed E-state index contributed by atoms with van der Waals surface area (Å²) in [4.78, 5) is 20.7. The van der Waals surface area contributed by atoms with Crippen LogP contribution in [-0.4, -0.2) is 15.9 Å². The predicted molar refractivity (Wildman–Crippen MR) is 77.1 cm³/mol. The fourth-order valence-corrected chi connectivity index (χ4v) is 2.27. The second-order valence-corrected chi connectivity index (χ2v) is 5.23. The number of nitrogen functional groups attached to an aromatic ring is 1. The van der Waals surface area contributed by atoms with Crippen molar-refractivity contribution in [1.29, 1.82) is 0 Å². The van der Waals surface area contributed by atoms with Crippen LogP contribution in [0.15, 0.2) is 30.5 Å². The molecule has 2 aromatic rings. The van der Waals surface area contributed by atoms with Gasteiger partial charge in [0.25, 0.3) is 0 Å². The van der Waals surface area contributed by atoms with Gasteiger partial charge in [-0.15, -0.1) is 0 Å². The molecule has 3 N–H and O–H groups in total. The Morgan fingerprint density at radius 2 is 2.24 bits per heavy atom. The molecular weight excluding hydrogens is 271 g/mol. The lowest BCUT2D eigenvalue weighted by molar-refractivity contribution is -0.117. The molecule has 0 aliphatic heterocycles. The predicted octanol–water partition coefficient (Wildman–Crippen LogP) is 2.25. The van der Waals surface area contributed by atoms with E-state index in [1.54, 1.807) is 6.20 Å². The smallest absolute Gasteiger partial charge is 0.228 e. The minimum absolute atomic E-state index is 0.0159. The summed E-state index contributed by atoms with van der Waals surface area (Å²) in [5.41, 5.74) is 6.87. The summed E-state index contributed by atoms with van der Waals surface area (Å²) in [6.45, 7) is 1.89. The van der Waals surface area contributed by atoms with Gasteiger partial charge in [-0.05, 0) is 37.6 Å². The molecule has 21 heavy (non-hydrogen) atoms. The normalized spacial score (nSPS) is 20.1. The van der Waals surface area contributed by atoms with Crippen LogP contribution in [0.4, 0.5) is 15.8 Å². The van der Waals surface area contributed by atoms with Crippen LogP contribution in [0.5, 0.6) is 0 Å². The Morgan fingerprint density at radius 3 is 2.95 bits per heavy atom. The van der Waals surface area contributed by atoms with E-state index in [2.05, 4.69) is 15.3 Å². The molecule has 108 valence electrons. The quantitative estimate of drug-likeness (QED) is 0.848. The van der Waals surface area contributed by atoms with E-state index in [1.165, 1.54) is 18.2 Å². The van der Waals surface area contributed by atoms with Crippen LogP contribution in [0, 0.1) is 18.7 Å². The van der Waals surface area contributed by atoms with Crippen LogP contribution in [-0.2, 0) is 4.79 Å². The zero-order valence-electron chi connectivity index (χ0n) is 11.5. The molecule has 1 amide bonds. The van der Waals surface area contributed by atoms with Gasteiger partial charge >= 0.3 is 0 Å². The van der Waals surface area contributed by atoms with Gasteiger partial charge in [0.15, 0.2) is 0 Å². The fourth-order valence-electron chi connectivity index (χ4n) is 2.27. The highest BCUT2D eigenvalue weighted by Gasteiger charge is 2.46. The molecule has 5 nitrogen and oxygen atoms in total. The van der Waals surface area contributed by atoms with Gasteiger partial charge in [-0.2, -0.15) is 0 Å². The molecule has 0 unspecified atom stereocenters. The van der Waals surface area contributed by atoms with E-state index in [1.807, 2.05) is 13.0 Å². The molecule has 1 aromatic heterocycles. The molecule has 0 bridgehead atoms. The maximum Gasteiger partial charge on any atom is 0.228 e. The summed E-state index contributed by atoms with van der Waals surface area (Å²) in [6, 6.07) is 5.96. The number of anilines is 2. The third-order valence-electron chi connectivity index (χ3n) is 3.54. The maximum atomic E-state index is 13.1. The minimum Gasteiger partial charge on any atom is -0.396 e. The van der Waals surface area contributed by atoms with Crippen molar-refractivity contribution in [2.24, 2.45) is 5.92 Å². The summed E-state index contributed by atoms with van der Waals surface area (Å²) in [7, 11) is 0. The molecule has 1 aromatic carbocycles. The van der Waals surface area contributed by atoms with Gasteiger partial charge < -0.3 is 11.1 Å². The van der Waals surface area contributed by atoms with Gasteiger partial charge in [0.05, 0.1) is 5.69 Å².